The minimum atomic E-state index is -0.0441. The number of aryl methyl sites for hydroxylation is 1. The zero-order valence-electron chi connectivity index (χ0n) is 13.3. The number of amides is 1. The van der Waals surface area contributed by atoms with Crippen LogP contribution in [0.15, 0.2) is 18.2 Å². The second-order valence-corrected chi connectivity index (χ2v) is 6.08. The van der Waals surface area contributed by atoms with Gasteiger partial charge in [0.05, 0.1) is 11.0 Å². The molecule has 5 nitrogen and oxygen atoms in total. The molecule has 2 aromatic rings. The van der Waals surface area contributed by atoms with Gasteiger partial charge in [-0.05, 0) is 37.0 Å². The molecule has 1 N–H and O–H groups in total. The molecule has 0 spiro atoms. The Bertz CT molecular complexity index is 678. The Morgan fingerprint density at radius 1 is 1.50 bits per heavy atom. The molecule has 5 heteroatoms. The lowest BCUT2D eigenvalue weighted by atomic mass is 10.0. The van der Waals surface area contributed by atoms with E-state index in [0.717, 1.165) is 36.2 Å². The van der Waals surface area contributed by atoms with E-state index >= 15 is 0 Å². The molecule has 0 radical (unpaired) electrons. The highest BCUT2D eigenvalue weighted by molar-refractivity contribution is 5.97. The molecule has 1 aliphatic heterocycles. The number of fused-ring (bicyclic) bond motifs is 3. The van der Waals surface area contributed by atoms with Gasteiger partial charge < -0.3 is 14.6 Å². The number of carbonyl (C=O) groups excluding carboxylic acids is 1. The summed E-state index contributed by atoms with van der Waals surface area (Å²) in [6.07, 6.45) is 3.04. The van der Waals surface area contributed by atoms with Crippen molar-refractivity contribution < 1.29 is 9.53 Å². The minimum absolute atomic E-state index is 0.0441. The number of carbonyl (C=O) groups is 1. The zero-order valence-corrected chi connectivity index (χ0v) is 13.3. The third kappa shape index (κ3) is 2.99. The van der Waals surface area contributed by atoms with Crippen LogP contribution in [-0.2, 0) is 17.7 Å². The smallest absolute Gasteiger partial charge is 0.251 e. The van der Waals surface area contributed by atoms with Crippen molar-refractivity contribution in [3.8, 4) is 0 Å². The molecule has 2 heterocycles. The minimum Gasteiger partial charge on any atom is -0.385 e. The largest absolute Gasteiger partial charge is 0.385 e. The molecule has 1 aromatic heterocycles. The number of benzene rings is 1. The normalized spacial score (nSPS) is 17.5. The SMILES string of the molecule is COCCCNC(=O)c1ccc2c(c1)nc1n2CC[C@H](C)C1. The predicted molar refractivity (Wildman–Crippen MR) is 86.0 cm³/mol. The van der Waals surface area contributed by atoms with Gasteiger partial charge in [0, 0.05) is 38.8 Å². The van der Waals surface area contributed by atoms with Gasteiger partial charge in [-0.2, -0.15) is 0 Å². The first-order valence-corrected chi connectivity index (χ1v) is 7.95. The summed E-state index contributed by atoms with van der Waals surface area (Å²) in [5, 5.41) is 2.91. The summed E-state index contributed by atoms with van der Waals surface area (Å²) in [6.45, 7) is 4.57. The fraction of sp³-hybridized carbons (Fsp3) is 0.529. The molecule has 1 aromatic carbocycles. The van der Waals surface area contributed by atoms with Gasteiger partial charge in [0.15, 0.2) is 0 Å². The molecule has 0 saturated heterocycles. The Hall–Kier alpha value is -1.88. The van der Waals surface area contributed by atoms with Crippen LogP contribution in [0.25, 0.3) is 11.0 Å². The molecule has 1 aliphatic rings. The van der Waals surface area contributed by atoms with E-state index in [1.54, 1.807) is 7.11 Å². The van der Waals surface area contributed by atoms with Crippen LogP contribution in [0, 0.1) is 5.92 Å². The molecule has 0 bridgehead atoms. The number of nitrogens with one attached hydrogen (secondary N) is 1. The molecule has 0 saturated carbocycles. The van der Waals surface area contributed by atoms with Gasteiger partial charge in [-0.1, -0.05) is 6.92 Å². The molecule has 22 heavy (non-hydrogen) atoms. The molecule has 0 unspecified atom stereocenters. The fourth-order valence-electron chi connectivity index (χ4n) is 3.01. The van der Waals surface area contributed by atoms with Crippen LogP contribution in [0.5, 0.6) is 0 Å². The summed E-state index contributed by atoms with van der Waals surface area (Å²) < 4.78 is 7.27. The topological polar surface area (TPSA) is 56.1 Å². The number of rotatable bonds is 5. The Morgan fingerprint density at radius 3 is 3.18 bits per heavy atom. The van der Waals surface area contributed by atoms with E-state index in [0.29, 0.717) is 24.6 Å². The molecule has 1 amide bonds. The summed E-state index contributed by atoms with van der Waals surface area (Å²) >= 11 is 0. The summed E-state index contributed by atoms with van der Waals surface area (Å²) in [7, 11) is 1.66. The maximum Gasteiger partial charge on any atom is 0.251 e. The van der Waals surface area contributed by atoms with E-state index in [1.807, 2.05) is 18.2 Å². The van der Waals surface area contributed by atoms with Crippen LogP contribution < -0.4 is 5.32 Å². The average Bonchev–Trinajstić information content (AvgIpc) is 2.87. The van der Waals surface area contributed by atoms with Gasteiger partial charge in [0.25, 0.3) is 5.91 Å². The first-order valence-electron chi connectivity index (χ1n) is 7.95. The molecular weight excluding hydrogens is 278 g/mol. The van der Waals surface area contributed by atoms with Crippen molar-refractivity contribution in [2.24, 2.45) is 5.92 Å². The third-order valence-electron chi connectivity index (χ3n) is 4.28. The van der Waals surface area contributed by atoms with E-state index < -0.39 is 0 Å². The second-order valence-electron chi connectivity index (χ2n) is 6.08. The fourth-order valence-corrected chi connectivity index (χ4v) is 3.01. The van der Waals surface area contributed by atoms with E-state index in [1.165, 1.54) is 6.42 Å². The maximum atomic E-state index is 12.2. The summed E-state index contributed by atoms with van der Waals surface area (Å²) in [6, 6.07) is 5.81. The highest BCUT2D eigenvalue weighted by atomic mass is 16.5. The number of nitrogens with zero attached hydrogens (tertiary/aromatic N) is 2. The van der Waals surface area contributed by atoms with Crippen LogP contribution in [0.4, 0.5) is 0 Å². The summed E-state index contributed by atoms with van der Waals surface area (Å²) in [5.41, 5.74) is 2.74. The van der Waals surface area contributed by atoms with Crippen LogP contribution in [-0.4, -0.2) is 35.7 Å². The van der Waals surface area contributed by atoms with Crippen molar-refractivity contribution in [1.29, 1.82) is 0 Å². The molecular formula is C17H23N3O2. The average molecular weight is 301 g/mol. The number of aromatic nitrogens is 2. The summed E-state index contributed by atoms with van der Waals surface area (Å²) in [4.78, 5) is 16.9. The first-order chi connectivity index (χ1) is 10.7. The summed E-state index contributed by atoms with van der Waals surface area (Å²) in [5.74, 6) is 1.79. The Kier molecular flexibility index (Phi) is 4.43. The lowest BCUT2D eigenvalue weighted by Gasteiger charge is -2.19. The van der Waals surface area contributed by atoms with Crippen molar-refractivity contribution >= 4 is 16.9 Å². The van der Waals surface area contributed by atoms with Crippen molar-refractivity contribution in [3.05, 3.63) is 29.6 Å². The van der Waals surface area contributed by atoms with Crippen LogP contribution in [0.2, 0.25) is 0 Å². The van der Waals surface area contributed by atoms with Gasteiger partial charge in [0.1, 0.15) is 5.82 Å². The van der Waals surface area contributed by atoms with Crippen molar-refractivity contribution in [3.63, 3.8) is 0 Å². The Balaban J connectivity index is 1.77. The number of hydrogen-bond acceptors (Lipinski definition) is 3. The van der Waals surface area contributed by atoms with Gasteiger partial charge in [-0.15, -0.1) is 0 Å². The van der Waals surface area contributed by atoms with Crippen molar-refractivity contribution in [2.75, 3.05) is 20.3 Å². The zero-order chi connectivity index (χ0) is 15.5. The first kappa shape index (κ1) is 15.0. The highest BCUT2D eigenvalue weighted by Gasteiger charge is 2.19. The van der Waals surface area contributed by atoms with E-state index in [9.17, 15) is 4.79 Å². The maximum absolute atomic E-state index is 12.2. The second kappa shape index (κ2) is 6.48. The molecule has 0 fully saturated rings. The lowest BCUT2D eigenvalue weighted by Crippen LogP contribution is -2.25. The van der Waals surface area contributed by atoms with Gasteiger partial charge in [-0.3, -0.25) is 4.79 Å². The number of hydrogen-bond donors (Lipinski definition) is 1. The van der Waals surface area contributed by atoms with Gasteiger partial charge >= 0.3 is 0 Å². The number of imidazole rings is 1. The molecule has 118 valence electrons. The third-order valence-corrected chi connectivity index (χ3v) is 4.28. The molecule has 1 atom stereocenters. The van der Waals surface area contributed by atoms with Crippen LogP contribution in [0.1, 0.15) is 35.9 Å². The van der Waals surface area contributed by atoms with E-state index in [2.05, 4.69) is 16.8 Å². The van der Waals surface area contributed by atoms with Gasteiger partial charge in [0.2, 0.25) is 0 Å². The lowest BCUT2D eigenvalue weighted by molar-refractivity contribution is 0.0948. The highest BCUT2D eigenvalue weighted by Crippen LogP contribution is 2.25. The molecule has 3 rings (SSSR count). The quantitative estimate of drug-likeness (QED) is 0.863. The van der Waals surface area contributed by atoms with Crippen molar-refractivity contribution in [2.45, 2.75) is 32.7 Å². The van der Waals surface area contributed by atoms with Crippen molar-refractivity contribution in [1.82, 2.24) is 14.9 Å². The number of ether oxygens (including phenoxy) is 1. The standard InChI is InChI=1S/C17H23N3O2/c1-12-6-8-20-15-5-4-13(11-14(15)19-16(20)10-12)17(21)18-7-3-9-22-2/h4-5,11-12H,3,6-10H2,1-2H3,(H,18,21)/t12-/m0/s1. The van der Waals surface area contributed by atoms with Gasteiger partial charge in [-0.25, -0.2) is 4.98 Å². The van der Waals surface area contributed by atoms with E-state index in [4.69, 9.17) is 9.72 Å². The van der Waals surface area contributed by atoms with E-state index in [-0.39, 0.29) is 5.91 Å². The monoisotopic (exact) mass is 301 g/mol. The van der Waals surface area contributed by atoms with Crippen LogP contribution in [0.3, 0.4) is 0 Å². The molecule has 0 aliphatic carbocycles. The van der Waals surface area contributed by atoms with Crippen LogP contribution >= 0.6 is 0 Å². The Labute approximate surface area is 130 Å². The predicted octanol–water partition coefficient (Wildman–Crippen LogP) is 2.38. The Morgan fingerprint density at radius 2 is 2.36 bits per heavy atom. The number of methoxy groups -OCH3 is 1.